The van der Waals surface area contributed by atoms with E-state index in [-0.39, 0.29) is 5.82 Å². The second kappa shape index (κ2) is 6.68. The summed E-state index contributed by atoms with van der Waals surface area (Å²) in [7, 11) is 0. The Morgan fingerprint density at radius 3 is 2.95 bits per heavy atom. The van der Waals surface area contributed by atoms with Crippen LogP contribution in [0.4, 0.5) is 4.39 Å². The van der Waals surface area contributed by atoms with E-state index in [0.29, 0.717) is 28.4 Å². The molecule has 0 radical (unpaired) electrons. The molecule has 1 aromatic carbocycles. The van der Waals surface area contributed by atoms with Gasteiger partial charge in [0, 0.05) is 12.3 Å². The number of nitrogens with zero attached hydrogens (tertiary/aromatic N) is 2. The zero-order chi connectivity index (χ0) is 13.7. The van der Waals surface area contributed by atoms with Gasteiger partial charge in [0.2, 0.25) is 0 Å². The Morgan fingerprint density at radius 2 is 2.21 bits per heavy atom. The smallest absolute Gasteiger partial charge is 0.195 e. The second-order valence-corrected chi connectivity index (χ2v) is 5.30. The molecule has 0 aliphatic heterocycles. The Kier molecular flexibility index (Phi) is 4.93. The van der Waals surface area contributed by atoms with Crippen molar-refractivity contribution < 1.29 is 4.39 Å². The Morgan fingerprint density at radius 1 is 1.42 bits per heavy atom. The third kappa shape index (κ3) is 3.54. The number of rotatable bonds is 6. The van der Waals surface area contributed by atoms with Crippen molar-refractivity contribution in [3.05, 3.63) is 58.9 Å². The number of hydrogen-bond donors (Lipinski definition) is 1. The quantitative estimate of drug-likeness (QED) is 0.651. The molecule has 0 amide bonds. The average molecular weight is 295 g/mol. The van der Waals surface area contributed by atoms with Gasteiger partial charge in [0.1, 0.15) is 11.6 Å². The third-order valence-corrected chi connectivity index (χ3v) is 3.88. The molecule has 0 aliphatic carbocycles. The van der Waals surface area contributed by atoms with Crippen LogP contribution in [0.2, 0.25) is 0 Å². The van der Waals surface area contributed by atoms with E-state index >= 15 is 0 Å². The lowest BCUT2D eigenvalue weighted by Crippen LogP contribution is -2.01. The number of halogens is 1. The highest BCUT2D eigenvalue weighted by molar-refractivity contribution is 7.97. The molecule has 0 saturated heterocycles. The summed E-state index contributed by atoms with van der Waals surface area (Å²) < 4.78 is 15.9. The molecule has 1 heterocycles. The summed E-state index contributed by atoms with van der Waals surface area (Å²) in [6, 6.07) is 6.80. The Bertz CT molecular complexity index is 618. The molecule has 0 saturated carbocycles. The van der Waals surface area contributed by atoms with E-state index in [9.17, 15) is 4.39 Å². The van der Waals surface area contributed by atoms with Crippen molar-refractivity contribution in [3.8, 4) is 0 Å². The van der Waals surface area contributed by atoms with Gasteiger partial charge in [-0.1, -0.05) is 24.3 Å². The van der Waals surface area contributed by atoms with Crippen LogP contribution in [0, 0.1) is 10.6 Å². The molecule has 0 spiro atoms. The summed E-state index contributed by atoms with van der Waals surface area (Å²) in [5.41, 5.74) is 0.705. The van der Waals surface area contributed by atoms with Crippen LogP contribution in [-0.2, 0) is 18.1 Å². The van der Waals surface area contributed by atoms with Gasteiger partial charge in [0.25, 0.3) is 0 Å². The van der Waals surface area contributed by atoms with Gasteiger partial charge in [-0.05, 0) is 23.8 Å². The highest BCUT2D eigenvalue weighted by atomic mass is 32.2. The monoisotopic (exact) mass is 295 g/mol. The average Bonchev–Trinajstić information content (AvgIpc) is 2.74. The lowest BCUT2D eigenvalue weighted by Gasteiger charge is -2.04. The third-order valence-electron chi connectivity index (χ3n) is 2.60. The van der Waals surface area contributed by atoms with Gasteiger partial charge in [-0.2, -0.15) is 5.10 Å². The molecule has 0 bridgehead atoms. The Labute approximate surface area is 120 Å². The molecule has 100 valence electrons. The van der Waals surface area contributed by atoms with E-state index < -0.39 is 0 Å². The van der Waals surface area contributed by atoms with Crippen molar-refractivity contribution in [2.75, 3.05) is 0 Å². The number of benzene rings is 1. The maximum absolute atomic E-state index is 13.4. The summed E-state index contributed by atoms with van der Waals surface area (Å²) in [4.78, 5) is 0. The van der Waals surface area contributed by atoms with E-state index in [0.717, 1.165) is 5.82 Å². The van der Waals surface area contributed by atoms with Crippen molar-refractivity contribution in [1.29, 1.82) is 0 Å². The van der Waals surface area contributed by atoms with Crippen LogP contribution in [0.3, 0.4) is 0 Å². The first-order valence-electron chi connectivity index (χ1n) is 5.78. The minimum Gasteiger partial charge on any atom is -0.300 e. The van der Waals surface area contributed by atoms with Crippen molar-refractivity contribution in [1.82, 2.24) is 14.8 Å². The standard InChI is InChI=1S/C13H14FN3S2/c1-2-7-17-12(15-16-13(17)18)9-19-8-10-5-3-4-6-11(10)14/h2-6H,1,7-9H2,(H,16,18). The largest absolute Gasteiger partial charge is 0.300 e. The molecule has 2 aromatic rings. The van der Waals surface area contributed by atoms with E-state index in [2.05, 4.69) is 16.8 Å². The highest BCUT2D eigenvalue weighted by Gasteiger charge is 2.06. The van der Waals surface area contributed by atoms with Crippen LogP contribution in [0.25, 0.3) is 0 Å². The first-order valence-corrected chi connectivity index (χ1v) is 7.35. The van der Waals surface area contributed by atoms with Crippen molar-refractivity contribution >= 4 is 24.0 Å². The highest BCUT2D eigenvalue weighted by Crippen LogP contribution is 2.19. The Balaban J connectivity index is 1.98. The van der Waals surface area contributed by atoms with E-state index in [1.807, 2.05) is 10.6 Å². The number of hydrogen-bond acceptors (Lipinski definition) is 3. The van der Waals surface area contributed by atoms with Gasteiger partial charge < -0.3 is 0 Å². The van der Waals surface area contributed by atoms with Gasteiger partial charge in [0.15, 0.2) is 4.77 Å². The fourth-order valence-corrected chi connectivity index (χ4v) is 2.83. The van der Waals surface area contributed by atoms with E-state index in [4.69, 9.17) is 12.2 Å². The molecule has 2 rings (SSSR count). The van der Waals surface area contributed by atoms with Crippen LogP contribution in [0.15, 0.2) is 36.9 Å². The molecular formula is C13H14FN3S2. The van der Waals surface area contributed by atoms with Crippen LogP contribution in [0.1, 0.15) is 11.4 Å². The number of thioether (sulfide) groups is 1. The zero-order valence-corrected chi connectivity index (χ0v) is 11.9. The summed E-state index contributed by atoms with van der Waals surface area (Å²) in [5, 5.41) is 6.93. The molecule has 0 unspecified atom stereocenters. The lowest BCUT2D eigenvalue weighted by molar-refractivity contribution is 0.617. The van der Waals surface area contributed by atoms with Crippen molar-refractivity contribution in [2.24, 2.45) is 0 Å². The number of allylic oxidation sites excluding steroid dienone is 1. The molecule has 3 nitrogen and oxygen atoms in total. The van der Waals surface area contributed by atoms with Crippen LogP contribution < -0.4 is 0 Å². The summed E-state index contributed by atoms with van der Waals surface area (Å²) in [6.45, 7) is 4.32. The number of aromatic nitrogens is 3. The van der Waals surface area contributed by atoms with Crippen molar-refractivity contribution in [3.63, 3.8) is 0 Å². The Hall–Kier alpha value is -1.40. The number of nitrogens with one attached hydrogen (secondary N) is 1. The van der Waals surface area contributed by atoms with Crippen LogP contribution in [-0.4, -0.2) is 14.8 Å². The zero-order valence-electron chi connectivity index (χ0n) is 10.3. The van der Waals surface area contributed by atoms with Crippen LogP contribution >= 0.6 is 24.0 Å². The van der Waals surface area contributed by atoms with Gasteiger partial charge in [-0.3, -0.25) is 9.67 Å². The fraction of sp³-hybridized carbons (Fsp3) is 0.231. The minimum absolute atomic E-state index is 0.167. The van der Waals surface area contributed by atoms with Gasteiger partial charge >= 0.3 is 0 Å². The summed E-state index contributed by atoms with van der Waals surface area (Å²) in [5.74, 6) is 1.97. The van der Waals surface area contributed by atoms with E-state index in [1.54, 1.807) is 30.0 Å². The maximum Gasteiger partial charge on any atom is 0.195 e. The molecular weight excluding hydrogens is 281 g/mol. The predicted molar refractivity (Wildman–Crippen MR) is 79.0 cm³/mol. The first-order chi connectivity index (χ1) is 9.22. The van der Waals surface area contributed by atoms with Crippen LogP contribution in [0.5, 0.6) is 0 Å². The first kappa shape index (κ1) is 14.0. The topological polar surface area (TPSA) is 33.6 Å². The lowest BCUT2D eigenvalue weighted by atomic mass is 10.2. The maximum atomic E-state index is 13.4. The SMILES string of the molecule is C=CCn1c(CSCc2ccccc2F)n[nH]c1=S. The fourth-order valence-electron chi connectivity index (χ4n) is 1.65. The molecule has 19 heavy (non-hydrogen) atoms. The number of H-pyrrole nitrogens is 1. The molecule has 1 N–H and O–H groups in total. The molecule has 1 aromatic heterocycles. The molecule has 6 heteroatoms. The summed E-state index contributed by atoms with van der Waals surface area (Å²) in [6.07, 6.45) is 1.77. The van der Waals surface area contributed by atoms with Gasteiger partial charge in [0.05, 0.1) is 5.75 Å². The number of aromatic amines is 1. The molecule has 0 fully saturated rings. The van der Waals surface area contributed by atoms with Crippen molar-refractivity contribution in [2.45, 2.75) is 18.1 Å². The molecule has 0 aliphatic rings. The van der Waals surface area contributed by atoms with Gasteiger partial charge in [-0.15, -0.1) is 18.3 Å². The second-order valence-electron chi connectivity index (χ2n) is 3.93. The molecule has 0 atom stereocenters. The minimum atomic E-state index is -0.167. The predicted octanol–water partition coefficient (Wildman–Crippen LogP) is 3.70. The normalized spacial score (nSPS) is 10.6. The van der Waals surface area contributed by atoms with E-state index in [1.165, 1.54) is 6.07 Å². The summed E-state index contributed by atoms with van der Waals surface area (Å²) >= 11 is 6.73. The van der Waals surface area contributed by atoms with Gasteiger partial charge in [-0.25, -0.2) is 4.39 Å².